The van der Waals surface area contributed by atoms with E-state index in [1.807, 2.05) is 0 Å². The molecule has 0 spiro atoms. The van der Waals surface area contributed by atoms with Gasteiger partial charge < -0.3 is 5.32 Å². The van der Waals surface area contributed by atoms with Gasteiger partial charge in [0.25, 0.3) is 5.91 Å². The summed E-state index contributed by atoms with van der Waals surface area (Å²) in [6.07, 6.45) is 6.14. The van der Waals surface area contributed by atoms with Crippen molar-refractivity contribution in [1.82, 2.24) is 24.8 Å². The van der Waals surface area contributed by atoms with Crippen LogP contribution in [-0.2, 0) is 6.42 Å². The molecule has 0 aliphatic rings. The molecule has 9 heteroatoms. The van der Waals surface area contributed by atoms with Gasteiger partial charge in [0.15, 0.2) is 5.65 Å². The van der Waals surface area contributed by atoms with Crippen LogP contribution < -0.4 is 5.32 Å². The first-order chi connectivity index (χ1) is 12.0. The number of nitrogens with one attached hydrogen (secondary N) is 2. The smallest absolute Gasteiger partial charge is 0.261 e. The molecule has 0 fully saturated rings. The zero-order valence-electron chi connectivity index (χ0n) is 13.7. The number of halogens is 2. The lowest BCUT2D eigenvalue weighted by molar-refractivity contribution is -0.0165. The lowest BCUT2D eigenvalue weighted by atomic mass is 10.1. The van der Waals surface area contributed by atoms with E-state index in [9.17, 15) is 13.6 Å². The number of aryl methyl sites for hydroxylation is 1. The number of hydrogen-bond donors (Lipinski definition) is 2. The number of rotatable bonds is 7. The molecular formula is C16H18F2N6O. The molecule has 0 saturated heterocycles. The summed E-state index contributed by atoms with van der Waals surface area (Å²) in [5.74, 6) is -3.15. The summed E-state index contributed by atoms with van der Waals surface area (Å²) >= 11 is 0. The highest BCUT2D eigenvalue weighted by molar-refractivity contribution is 6.08. The summed E-state index contributed by atoms with van der Waals surface area (Å²) in [6, 6.07) is 1.70. The first-order valence-electron chi connectivity index (χ1n) is 8.00. The second-order valence-electron chi connectivity index (χ2n) is 5.75. The average molecular weight is 348 g/mol. The van der Waals surface area contributed by atoms with Crippen LogP contribution in [0.5, 0.6) is 0 Å². The minimum absolute atomic E-state index is 0.0686. The van der Waals surface area contributed by atoms with Gasteiger partial charge in [-0.1, -0.05) is 13.3 Å². The number of carbonyl (C=O) groups is 1. The van der Waals surface area contributed by atoms with Crippen LogP contribution >= 0.6 is 0 Å². The molecule has 0 aromatic carbocycles. The number of hydrogen-bond acceptors (Lipinski definition) is 4. The third-order valence-electron chi connectivity index (χ3n) is 3.83. The topological polar surface area (TPSA) is 88.0 Å². The predicted octanol–water partition coefficient (Wildman–Crippen LogP) is 3.07. The first kappa shape index (κ1) is 17.0. The molecule has 0 unspecified atom stereocenters. The Kier molecular flexibility index (Phi) is 4.73. The summed E-state index contributed by atoms with van der Waals surface area (Å²) in [4.78, 5) is 16.6. The Hall–Kier alpha value is -2.84. The van der Waals surface area contributed by atoms with Gasteiger partial charge in [0.1, 0.15) is 5.56 Å². The van der Waals surface area contributed by atoms with Gasteiger partial charge in [-0.05, 0) is 12.5 Å². The van der Waals surface area contributed by atoms with Crippen LogP contribution in [0, 0.1) is 0 Å². The first-order valence-corrected chi connectivity index (χ1v) is 8.00. The van der Waals surface area contributed by atoms with Crippen molar-refractivity contribution in [3.05, 3.63) is 42.1 Å². The number of fused-ring (bicyclic) bond motifs is 1. The highest BCUT2D eigenvalue weighted by Crippen LogP contribution is 2.27. The molecule has 0 atom stereocenters. The van der Waals surface area contributed by atoms with Gasteiger partial charge in [0.05, 0.1) is 17.6 Å². The number of aromatic amines is 1. The minimum Gasteiger partial charge on any atom is -0.319 e. The summed E-state index contributed by atoms with van der Waals surface area (Å²) in [5, 5.41) is 13.3. The van der Waals surface area contributed by atoms with Gasteiger partial charge in [0.2, 0.25) is 5.92 Å². The van der Waals surface area contributed by atoms with Crippen molar-refractivity contribution in [1.29, 1.82) is 0 Å². The third kappa shape index (κ3) is 3.81. The summed E-state index contributed by atoms with van der Waals surface area (Å²) < 4.78 is 28.8. The maximum atomic E-state index is 13.7. The van der Waals surface area contributed by atoms with Gasteiger partial charge in [-0.2, -0.15) is 10.2 Å². The van der Waals surface area contributed by atoms with Gasteiger partial charge in [0, 0.05) is 31.4 Å². The SMILES string of the molecule is CCCC(F)(F)CCc1n[nH]cc1NC(=O)c1cnn2cccnc12. The van der Waals surface area contributed by atoms with Crippen LogP contribution in [0.25, 0.3) is 5.65 Å². The molecule has 0 aliphatic carbocycles. The fourth-order valence-electron chi connectivity index (χ4n) is 2.59. The van der Waals surface area contributed by atoms with Gasteiger partial charge in [-0.3, -0.25) is 9.89 Å². The summed E-state index contributed by atoms with van der Waals surface area (Å²) in [5.41, 5.74) is 1.49. The third-order valence-corrected chi connectivity index (χ3v) is 3.83. The van der Waals surface area contributed by atoms with Crippen molar-refractivity contribution in [2.24, 2.45) is 0 Å². The molecule has 0 saturated carbocycles. The highest BCUT2D eigenvalue weighted by atomic mass is 19.3. The summed E-state index contributed by atoms with van der Waals surface area (Å²) in [7, 11) is 0. The van der Waals surface area contributed by atoms with Crippen LogP contribution in [0.2, 0.25) is 0 Å². The van der Waals surface area contributed by atoms with Crippen LogP contribution in [0.15, 0.2) is 30.9 Å². The number of aromatic nitrogens is 5. The van der Waals surface area contributed by atoms with E-state index < -0.39 is 11.8 Å². The number of alkyl halides is 2. The Morgan fingerprint density at radius 2 is 2.24 bits per heavy atom. The van der Waals surface area contributed by atoms with E-state index >= 15 is 0 Å². The van der Waals surface area contributed by atoms with E-state index in [1.165, 1.54) is 16.9 Å². The van der Waals surface area contributed by atoms with Crippen molar-refractivity contribution in [2.75, 3.05) is 5.32 Å². The largest absolute Gasteiger partial charge is 0.319 e. The quantitative estimate of drug-likeness (QED) is 0.687. The maximum Gasteiger partial charge on any atom is 0.261 e. The molecule has 0 aliphatic heterocycles. The molecule has 3 heterocycles. The Bertz CT molecular complexity index is 872. The van der Waals surface area contributed by atoms with Crippen molar-refractivity contribution in [3.8, 4) is 0 Å². The average Bonchev–Trinajstić information content (AvgIpc) is 3.19. The molecular weight excluding hydrogens is 330 g/mol. The van der Waals surface area contributed by atoms with E-state index in [0.717, 1.165) is 0 Å². The van der Waals surface area contributed by atoms with Crippen LogP contribution in [0.3, 0.4) is 0 Å². The number of H-pyrrole nitrogens is 1. The lowest BCUT2D eigenvalue weighted by Crippen LogP contribution is -2.17. The second kappa shape index (κ2) is 6.96. The monoisotopic (exact) mass is 348 g/mol. The molecule has 3 aromatic heterocycles. The maximum absolute atomic E-state index is 13.7. The van der Waals surface area contributed by atoms with Gasteiger partial charge in [-0.25, -0.2) is 18.3 Å². The number of amides is 1. The van der Waals surface area contributed by atoms with E-state index in [2.05, 4.69) is 25.6 Å². The second-order valence-corrected chi connectivity index (χ2v) is 5.75. The molecule has 0 radical (unpaired) electrons. The summed E-state index contributed by atoms with van der Waals surface area (Å²) in [6.45, 7) is 1.72. The minimum atomic E-state index is -2.73. The predicted molar refractivity (Wildman–Crippen MR) is 87.7 cm³/mol. The van der Waals surface area contributed by atoms with Crippen molar-refractivity contribution >= 4 is 17.2 Å². The van der Waals surface area contributed by atoms with E-state index in [0.29, 0.717) is 29.0 Å². The molecule has 0 bridgehead atoms. The number of nitrogens with zero attached hydrogens (tertiary/aromatic N) is 4. The van der Waals surface area contributed by atoms with E-state index in [-0.39, 0.29) is 19.3 Å². The molecule has 3 aromatic rings. The van der Waals surface area contributed by atoms with Crippen LogP contribution in [-0.4, -0.2) is 36.6 Å². The van der Waals surface area contributed by atoms with Crippen molar-refractivity contribution in [2.45, 2.75) is 38.5 Å². The zero-order valence-corrected chi connectivity index (χ0v) is 13.7. The fourth-order valence-corrected chi connectivity index (χ4v) is 2.59. The lowest BCUT2D eigenvalue weighted by Gasteiger charge is -2.14. The number of anilines is 1. The Morgan fingerprint density at radius 1 is 1.40 bits per heavy atom. The van der Waals surface area contributed by atoms with Gasteiger partial charge >= 0.3 is 0 Å². The normalized spacial score (nSPS) is 11.8. The molecule has 25 heavy (non-hydrogen) atoms. The molecule has 7 nitrogen and oxygen atoms in total. The Balaban J connectivity index is 1.71. The molecule has 132 valence electrons. The zero-order chi connectivity index (χ0) is 17.9. The van der Waals surface area contributed by atoms with Gasteiger partial charge in [-0.15, -0.1) is 0 Å². The highest BCUT2D eigenvalue weighted by Gasteiger charge is 2.28. The standard InChI is InChI=1S/C16H18F2N6O/c1-2-5-16(17,18)6-4-12-13(10-20-23-12)22-15(25)11-9-21-24-8-3-7-19-14(11)24/h3,7-10H,2,4-6H2,1H3,(H,20,23)(H,22,25). The van der Waals surface area contributed by atoms with Crippen molar-refractivity contribution < 1.29 is 13.6 Å². The fraction of sp³-hybridized carbons (Fsp3) is 0.375. The Labute approximate surface area is 142 Å². The molecule has 2 N–H and O–H groups in total. The molecule has 1 amide bonds. The number of carbonyl (C=O) groups excluding carboxylic acids is 1. The van der Waals surface area contributed by atoms with Crippen LogP contribution in [0.4, 0.5) is 14.5 Å². The van der Waals surface area contributed by atoms with E-state index in [1.54, 1.807) is 25.4 Å². The van der Waals surface area contributed by atoms with Crippen LogP contribution in [0.1, 0.15) is 42.2 Å². The van der Waals surface area contributed by atoms with E-state index in [4.69, 9.17) is 0 Å². The Morgan fingerprint density at radius 3 is 3.04 bits per heavy atom. The van der Waals surface area contributed by atoms with Crippen molar-refractivity contribution in [3.63, 3.8) is 0 Å². The molecule has 3 rings (SSSR count).